The fraction of sp³-hybridized carbons (Fsp3) is 0.862. The van der Waals surface area contributed by atoms with Crippen LogP contribution in [0, 0.1) is 0 Å². The van der Waals surface area contributed by atoms with Gasteiger partial charge in [0.05, 0.1) is 6.61 Å². The van der Waals surface area contributed by atoms with Crippen LogP contribution in [0.4, 0.5) is 0 Å². The van der Waals surface area contributed by atoms with E-state index >= 15 is 0 Å². The summed E-state index contributed by atoms with van der Waals surface area (Å²) in [5.41, 5.74) is 0. The van der Waals surface area contributed by atoms with Gasteiger partial charge in [-0.05, 0) is 25.7 Å². The van der Waals surface area contributed by atoms with Crippen LogP contribution in [0.3, 0.4) is 0 Å². The summed E-state index contributed by atoms with van der Waals surface area (Å²) in [4.78, 5) is 42.2. The molecule has 1 atom stereocenters. The van der Waals surface area contributed by atoms with Gasteiger partial charge in [-0.25, -0.2) is 4.57 Å². The van der Waals surface area contributed by atoms with Crippen molar-refractivity contribution in [1.29, 1.82) is 0 Å². The summed E-state index contributed by atoms with van der Waals surface area (Å²) in [5.74, 6) is -0.900. The van der Waals surface area contributed by atoms with Gasteiger partial charge in [0.1, 0.15) is 6.61 Å². The van der Waals surface area contributed by atoms with Crippen molar-refractivity contribution in [2.45, 2.75) is 148 Å². The lowest BCUT2D eigenvalue weighted by atomic mass is 10.1. The molecule has 0 bridgehead atoms. The molecule has 0 aromatic rings. The van der Waals surface area contributed by atoms with Gasteiger partial charge in [-0.2, -0.15) is 0 Å². The molecule has 0 rings (SSSR count). The molecule has 0 fully saturated rings. The lowest BCUT2D eigenvalue weighted by molar-refractivity contribution is -0.161. The minimum Gasteiger partial charge on any atom is -0.462 e. The number of carbonyl (C=O) groups is 2. The second-order valence-electron chi connectivity index (χ2n) is 10.2. The van der Waals surface area contributed by atoms with E-state index in [2.05, 4.69) is 18.0 Å². The summed E-state index contributed by atoms with van der Waals surface area (Å²) in [5, 5.41) is 0. The normalized spacial score (nSPS) is 12.3. The number of carbonyl (C=O) groups excluding carboxylic acids is 2. The minimum absolute atomic E-state index is 0.204. The highest BCUT2D eigenvalue weighted by molar-refractivity contribution is 7.46. The predicted molar refractivity (Wildman–Crippen MR) is 152 cm³/mol. The van der Waals surface area contributed by atoms with Gasteiger partial charge in [-0.3, -0.25) is 14.1 Å². The van der Waals surface area contributed by atoms with Crippen LogP contribution in [0.5, 0.6) is 0 Å². The first-order chi connectivity index (χ1) is 18.3. The van der Waals surface area contributed by atoms with Crippen molar-refractivity contribution in [3.05, 3.63) is 12.7 Å². The van der Waals surface area contributed by atoms with Gasteiger partial charge in [-0.15, -0.1) is 6.58 Å². The Morgan fingerprint density at radius 2 is 1.16 bits per heavy atom. The number of phosphoric acid groups is 1. The van der Waals surface area contributed by atoms with E-state index in [1.807, 2.05) is 6.08 Å². The Hall–Kier alpha value is -1.21. The van der Waals surface area contributed by atoms with Gasteiger partial charge >= 0.3 is 19.8 Å². The quantitative estimate of drug-likeness (QED) is 0.0427. The third-order valence-electron chi connectivity index (χ3n) is 6.43. The highest BCUT2D eigenvalue weighted by Crippen LogP contribution is 2.35. The van der Waals surface area contributed by atoms with Crippen LogP contribution in [0.2, 0.25) is 0 Å². The maximum absolute atomic E-state index is 12.2. The Bertz CT molecular complexity index is 634. The van der Waals surface area contributed by atoms with Gasteiger partial charge in [0.2, 0.25) is 0 Å². The summed E-state index contributed by atoms with van der Waals surface area (Å²) in [6, 6.07) is 0. The number of allylic oxidation sites excluding steroid dienone is 1. The van der Waals surface area contributed by atoms with E-state index in [0.29, 0.717) is 6.42 Å². The van der Waals surface area contributed by atoms with Crippen molar-refractivity contribution in [1.82, 2.24) is 0 Å². The number of unbranched alkanes of at least 4 members (excludes halogenated alkanes) is 17. The second-order valence-corrected chi connectivity index (χ2v) is 11.4. The number of phosphoric ester groups is 1. The number of ether oxygens (including phenoxy) is 2. The van der Waals surface area contributed by atoms with Crippen molar-refractivity contribution in [2.24, 2.45) is 0 Å². The maximum Gasteiger partial charge on any atom is 0.469 e. The van der Waals surface area contributed by atoms with E-state index in [1.54, 1.807) is 0 Å². The SMILES string of the molecule is C=CCCCCCCCCCC(=O)O[C@H](COC(=O)CCCCCCCCCCCCC)COP(=O)(O)O. The molecule has 0 saturated heterocycles. The Kier molecular flexibility index (Phi) is 25.2. The first-order valence-electron chi connectivity index (χ1n) is 14.9. The van der Waals surface area contributed by atoms with Crippen molar-refractivity contribution < 1.29 is 37.9 Å². The summed E-state index contributed by atoms with van der Waals surface area (Å²) >= 11 is 0. The number of hydrogen-bond acceptors (Lipinski definition) is 6. The van der Waals surface area contributed by atoms with Gasteiger partial charge in [0.15, 0.2) is 6.10 Å². The summed E-state index contributed by atoms with van der Waals surface area (Å²) in [6.45, 7) is 5.12. The molecule has 0 unspecified atom stereocenters. The van der Waals surface area contributed by atoms with Crippen LogP contribution in [-0.2, 0) is 28.2 Å². The minimum atomic E-state index is -4.73. The molecular weight excluding hydrogens is 507 g/mol. The average Bonchev–Trinajstić information content (AvgIpc) is 2.87. The van der Waals surface area contributed by atoms with Crippen LogP contribution in [0.15, 0.2) is 12.7 Å². The molecule has 8 nitrogen and oxygen atoms in total. The zero-order valence-electron chi connectivity index (χ0n) is 23.9. The zero-order valence-corrected chi connectivity index (χ0v) is 24.8. The van der Waals surface area contributed by atoms with Gasteiger partial charge in [0, 0.05) is 12.8 Å². The molecule has 0 heterocycles. The zero-order chi connectivity index (χ0) is 28.3. The summed E-state index contributed by atoms with van der Waals surface area (Å²) in [6.07, 6.45) is 22.7. The number of rotatable bonds is 28. The highest BCUT2D eigenvalue weighted by atomic mass is 31.2. The molecule has 0 aliphatic heterocycles. The van der Waals surface area contributed by atoms with Gasteiger partial charge in [0.25, 0.3) is 0 Å². The Balaban J connectivity index is 4.04. The van der Waals surface area contributed by atoms with Gasteiger partial charge < -0.3 is 19.3 Å². The fourth-order valence-electron chi connectivity index (χ4n) is 4.17. The van der Waals surface area contributed by atoms with E-state index in [-0.39, 0.29) is 19.4 Å². The van der Waals surface area contributed by atoms with E-state index in [4.69, 9.17) is 19.3 Å². The lowest BCUT2D eigenvalue weighted by Gasteiger charge is -2.18. The van der Waals surface area contributed by atoms with Crippen LogP contribution >= 0.6 is 7.82 Å². The summed E-state index contributed by atoms with van der Waals surface area (Å²) in [7, 11) is -4.73. The number of hydrogen-bond donors (Lipinski definition) is 2. The highest BCUT2D eigenvalue weighted by Gasteiger charge is 2.22. The molecule has 0 amide bonds. The molecule has 38 heavy (non-hydrogen) atoms. The Morgan fingerprint density at radius 3 is 1.63 bits per heavy atom. The van der Waals surface area contributed by atoms with E-state index in [9.17, 15) is 14.2 Å². The molecule has 0 aromatic carbocycles. The van der Waals surface area contributed by atoms with Crippen molar-refractivity contribution in [3.63, 3.8) is 0 Å². The van der Waals surface area contributed by atoms with E-state index in [1.165, 1.54) is 64.2 Å². The molecule has 9 heteroatoms. The monoisotopic (exact) mass is 562 g/mol. The van der Waals surface area contributed by atoms with Crippen molar-refractivity contribution in [3.8, 4) is 0 Å². The fourth-order valence-corrected chi connectivity index (χ4v) is 4.54. The molecule has 0 aromatic heterocycles. The van der Waals surface area contributed by atoms with Crippen molar-refractivity contribution in [2.75, 3.05) is 13.2 Å². The first-order valence-corrected chi connectivity index (χ1v) is 16.5. The third-order valence-corrected chi connectivity index (χ3v) is 6.92. The van der Waals surface area contributed by atoms with E-state index in [0.717, 1.165) is 51.4 Å². The van der Waals surface area contributed by atoms with Crippen LogP contribution in [0.25, 0.3) is 0 Å². The molecule has 0 saturated carbocycles. The second kappa shape index (κ2) is 26.0. The average molecular weight is 563 g/mol. The molecule has 0 spiro atoms. The molecule has 224 valence electrons. The number of esters is 2. The van der Waals surface area contributed by atoms with E-state index < -0.39 is 32.5 Å². The molecule has 0 aliphatic carbocycles. The maximum atomic E-state index is 12.2. The standard InChI is InChI=1S/C29H55O8P/c1-3-5-7-9-11-13-14-16-17-19-21-23-28(30)35-25-27(26-36-38(32,33)34)37-29(31)24-22-20-18-15-12-10-8-6-4-2/h4,27H,2-3,5-26H2,1H3,(H2,32,33,34)/t27-/m1/s1. The Morgan fingerprint density at radius 1 is 0.711 bits per heavy atom. The third kappa shape index (κ3) is 27.8. The predicted octanol–water partition coefficient (Wildman–Crippen LogP) is 7.95. The molecular formula is C29H55O8P. The Labute approximate surface area is 231 Å². The van der Waals surface area contributed by atoms with Gasteiger partial charge in [-0.1, -0.05) is 109 Å². The van der Waals surface area contributed by atoms with Crippen LogP contribution in [0.1, 0.15) is 142 Å². The smallest absolute Gasteiger partial charge is 0.462 e. The van der Waals surface area contributed by atoms with Crippen LogP contribution in [-0.4, -0.2) is 41.0 Å². The van der Waals surface area contributed by atoms with Crippen molar-refractivity contribution >= 4 is 19.8 Å². The van der Waals surface area contributed by atoms with Crippen LogP contribution < -0.4 is 0 Å². The largest absolute Gasteiger partial charge is 0.469 e. The lowest BCUT2D eigenvalue weighted by Crippen LogP contribution is -2.29. The molecule has 0 aliphatic rings. The topological polar surface area (TPSA) is 119 Å². The first kappa shape index (κ1) is 36.8. The molecule has 0 radical (unpaired) electrons. The summed E-state index contributed by atoms with van der Waals surface area (Å²) < 4.78 is 26.0. The molecule has 2 N–H and O–H groups in total.